The van der Waals surface area contributed by atoms with Gasteiger partial charge in [-0.05, 0) is 17.7 Å². The van der Waals surface area contributed by atoms with Gasteiger partial charge in [-0.3, -0.25) is 4.79 Å². The van der Waals surface area contributed by atoms with Gasteiger partial charge in [0.15, 0.2) is 6.29 Å². The number of benzene rings is 1. The van der Waals surface area contributed by atoms with Crippen molar-refractivity contribution in [3.8, 4) is 5.69 Å². The molecule has 18 heavy (non-hydrogen) atoms. The monoisotopic (exact) mass is 235 g/mol. The minimum Gasteiger partial charge on any atom is -0.298 e. The highest BCUT2D eigenvalue weighted by Gasteiger charge is 2.13. The first-order valence-corrected chi connectivity index (χ1v) is 5.71. The number of hydrogen-bond donors (Lipinski definition) is 0. The average Bonchev–Trinajstić information content (AvgIpc) is 3.08. The summed E-state index contributed by atoms with van der Waals surface area (Å²) in [4.78, 5) is 11.1. The molecular formula is C15H11N2O. The van der Waals surface area contributed by atoms with Gasteiger partial charge in [0, 0.05) is 12.6 Å². The lowest BCUT2D eigenvalue weighted by Gasteiger charge is -1.99. The van der Waals surface area contributed by atoms with Crippen LogP contribution in [0.25, 0.3) is 11.3 Å². The zero-order chi connectivity index (χ0) is 12.4. The topological polar surface area (TPSA) is 34.9 Å². The fraction of sp³-hybridized carbons (Fsp3) is 0. The van der Waals surface area contributed by atoms with E-state index in [0.29, 0.717) is 5.56 Å². The van der Waals surface area contributed by atoms with Crippen molar-refractivity contribution < 1.29 is 4.79 Å². The van der Waals surface area contributed by atoms with Crippen LogP contribution < -0.4 is 0 Å². The summed E-state index contributed by atoms with van der Waals surface area (Å²) in [7, 11) is 0. The van der Waals surface area contributed by atoms with Gasteiger partial charge >= 0.3 is 0 Å². The molecule has 0 unspecified atom stereocenters. The Morgan fingerprint density at radius 1 is 1.17 bits per heavy atom. The van der Waals surface area contributed by atoms with Gasteiger partial charge in [0.05, 0.1) is 11.3 Å². The van der Waals surface area contributed by atoms with E-state index in [1.54, 1.807) is 10.9 Å². The van der Waals surface area contributed by atoms with Crippen molar-refractivity contribution in [1.82, 2.24) is 9.78 Å². The second-order valence-electron chi connectivity index (χ2n) is 4.00. The van der Waals surface area contributed by atoms with E-state index in [0.717, 1.165) is 23.2 Å². The summed E-state index contributed by atoms with van der Waals surface area (Å²) in [6.45, 7) is 0. The molecule has 1 aromatic carbocycles. The van der Waals surface area contributed by atoms with Crippen molar-refractivity contribution >= 4 is 11.9 Å². The highest BCUT2D eigenvalue weighted by molar-refractivity contribution is 5.88. The number of carbonyl (C=O) groups excluding carboxylic acids is 1. The van der Waals surface area contributed by atoms with E-state index in [4.69, 9.17) is 0 Å². The maximum Gasteiger partial charge on any atom is 0.153 e. The van der Waals surface area contributed by atoms with Crippen LogP contribution >= 0.6 is 0 Å². The third-order valence-corrected chi connectivity index (χ3v) is 2.83. The Hall–Kier alpha value is -2.42. The Balaban J connectivity index is 2.09. The Bertz CT molecular complexity index is 636. The molecule has 0 fully saturated rings. The van der Waals surface area contributed by atoms with Crippen LogP contribution in [0.4, 0.5) is 0 Å². The maximum absolute atomic E-state index is 11.1. The van der Waals surface area contributed by atoms with Gasteiger partial charge in [0.1, 0.15) is 5.69 Å². The van der Waals surface area contributed by atoms with E-state index in [-0.39, 0.29) is 0 Å². The SMILES string of the molecule is O=Cc1cn(-c2ccccc2)nc1C1=C[CH]C=C1. The van der Waals surface area contributed by atoms with Crippen molar-refractivity contribution in [2.45, 2.75) is 0 Å². The summed E-state index contributed by atoms with van der Waals surface area (Å²) in [5, 5.41) is 4.48. The van der Waals surface area contributed by atoms with Gasteiger partial charge in [-0.2, -0.15) is 5.10 Å². The number of para-hydroxylation sites is 1. The quantitative estimate of drug-likeness (QED) is 0.767. The number of hydrogen-bond acceptors (Lipinski definition) is 2. The van der Waals surface area contributed by atoms with Crippen LogP contribution in [0.2, 0.25) is 0 Å². The predicted molar refractivity (Wildman–Crippen MR) is 70.4 cm³/mol. The molecular weight excluding hydrogens is 224 g/mol. The van der Waals surface area contributed by atoms with Crippen molar-refractivity contribution in [3.63, 3.8) is 0 Å². The van der Waals surface area contributed by atoms with Crippen LogP contribution in [0.3, 0.4) is 0 Å². The zero-order valence-electron chi connectivity index (χ0n) is 9.65. The molecule has 1 heterocycles. The molecule has 0 N–H and O–H groups in total. The lowest BCUT2D eigenvalue weighted by molar-refractivity contribution is 0.112. The third-order valence-electron chi connectivity index (χ3n) is 2.83. The van der Waals surface area contributed by atoms with E-state index in [2.05, 4.69) is 5.10 Å². The minimum absolute atomic E-state index is 0.602. The van der Waals surface area contributed by atoms with Crippen LogP contribution in [0, 0.1) is 6.42 Å². The van der Waals surface area contributed by atoms with Crippen LogP contribution in [0.15, 0.2) is 54.8 Å². The minimum atomic E-state index is 0.602. The molecule has 0 saturated carbocycles. The molecule has 3 heteroatoms. The van der Waals surface area contributed by atoms with Gasteiger partial charge in [-0.1, -0.05) is 36.4 Å². The van der Waals surface area contributed by atoms with Crippen molar-refractivity contribution in [3.05, 3.63) is 72.4 Å². The summed E-state index contributed by atoms with van der Waals surface area (Å²) < 4.78 is 1.73. The molecule has 3 nitrogen and oxygen atoms in total. The van der Waals surface area contributed by atoms with E-state index >= 15 is 0 Å². The molecule has 2 aromatic rings. The zero-order valence-corrected chi connectivity index (χ0v) is 9.65. The number of nitrogens with zero attached hydrogens (tertiary/aromatic N) is 2. The van der Waals surface area contributed by atoms with Crippen LogP contribution in [0.1, 0.15) is 16.1 Å². The highest BCUT2D eigenvalue weighted by atomic mass is 16.1. The van der Waals surface area contributed by atoms with Crippen LogP contribution in [-0.2, 0) is 0 Å². The first-order valence-electron chi connectivity index (χ1n) is 5.71. The van der Waals surface area contributed by atoms with Crippen LogP contribution in [0.5, 0.6) is 0 Å². The number of rotatable bonds is 3. The maximum atomic E-state index is 11.1. The first kappa shape index (κ1) is 10.7. The van der Waals surface area contributed by atoms with E-state index < -0.39 is 0 Å². The average molecular weight is 235 g/mol. The fourth-order valence-electron chi connectivity index (χ4n) is 1.94. The fourth-order valence-corrected chi connectivity index (χ4v) is 1.94. The lowest BCUT2D eigenvalue weighted by Crippen LogP contribution is -1.94. The molecule has 0 aliphatic heterocycles. The molecule has 3 rings (SSSR count). The molecule has 0 bridgehead atoms. The molecule has 1 aliphatic carbocycles. The number of carbonyl (C=O) groups is 1. The van der Waals surface area contributed by atoms with Gasteiger partial charge in [-0.15, -0.1) is 0 Å². The molecule has 87 valence electrons. The molecule has 1 radical (unpaired) electrons. The molecule has 1 aromatic heterocycles. The second-order valence-corrected chi connectivity index (χ2v) is 4.00. The lowest BCUT2D eigenvalue weighted by atomic mass is 10.1. The molecule has 0 saturated heterocycles. The van der Waals surface area contributed by atoms with Gasteiger partial charge in [-0.25, -0.2) is 4.68 Å². The summed E-state index contributed by atoms with van der Waals surface area (Å²) >= 11 is 0. The van der Waals surface area contributed by atoms with Gasteiger partial charge in [0.2, 0.25) is 0 Å². The Kier molecular flexibility index (Phi) is 2.65. The second kappa shape index (κ2) is 4.45. The van der Waals surface area contributed by atoms with Gasteiger partial charge in [0.25, 0.3) is 0 Å². The van der Waals surface area contributed by atoms with Crippen molar-refractivity contribution in [1.29, 1.82) is 0 Å². The Morgan fingerprint density at radius 2 is 2.00 bits per heavy atom. The summed E-state index contributed by atoms with van der Waals surface area (Å²) in [6.07, 6.45) is 10.4. The number of allylic oxidation sites excluding steroid dienone is 4. The Labute approximate surface area is 105 Å². The van der Waals surface area contributed by atoms with E-state index in [1.807, 2.05) is 55.0 Å². The summed E-state index contributed by atoms with van der Waals surface area (Å²) in [6, 6.07) is 9.75. The number of aldehydes is 1. The largest absolute Gasteiger partial charge is 0.298 e. The smallest absolute Gasteiger partial charge is 0.153 e. The third kappa shape index (κ3) is 1.80. The molecule has 1 aliphatic rings. The van der Waals surface area contributed by atoms with E-state index in [1.165, 1.54) is 0 Å². The molecule has 0 amide bonds. The summed E-state index contributed by atoms with van der Waals surface area (Å²) in [5.41, 5.74) is 3.23. The molecule has 0 spiro atoms. The molecule has 0 atom stereocenters. The normalized spacial score (nSPS) is 13.7. The number of aromatic nitrogens is 2. The summed E-state index contributed by atoms with van der Waals surface area (Å²) in [5.74, 6) is 0. The van der Waals surface area contributed by atoms with Crippen LogP contribution in [-0.4, -0.2) is 16.1 Å². The first-order chi connectivity index (χ1) is 8.88. The van der Waals surface area contributed by atoms with Gasteiger partial charge < -0.3 is 0 Å². The van der Waals surface area contributed by atoms with Crippen molar-refractivity contribution in [2.75, 3.05) is 0 Å². The van der Waals surface area contributed by atoms with Crippen molar-refractivity contribution in [2.24, 2.45) is 0 Å². The predicted octanol–water partition coefficient (Wildman–Crippen LogP) is 2.84. The highest BCUT2D eigenvalue weighted by Crippen LogP contribution is 2.23. The van der Waals surface area contributed by atoms with E-state index in [9.17, 15) is 4.79 Å². The Morgan fingerprint density at radius 3 is 2.67 bits per heavy atom. The standard InChI is InChI=1S/C15H11N2O/c18-11-13-10-17(14-8-2-1-3-9-14)16-15(13)12-6-4-5-7-12/h1-11H.